The second-order valence-corrected chi connectivity index (χ2v) is 10.1. The Morgan fingerprint density at radius 1 is 0.750 bits per heavy atom. The van der Waals surface area contributed by atoms with Gasteiger partial charge in [-0.3, -0.25) is 0 Å². The molecule has 0 nitrogen and oxygen atoms in total. The summed E-state index contributed by atoms with van der Waals surface area (Å²) in [6.07, 6.45) is 0. The molecule has 0 radical (unpaired) electrons. The molecule has 0 unspecified atom stereocenters. The number of halogens is 2. The number of aryl methyl sites for hydroxylation is 1. The Kier molecular flexibility index (Phi) is 3.38. The Morgan fingerprint density at radius 2 is 1.25 bits per heavy atom. The lowest BCUT2D eigenvalue weighted by Crippen LogP contribution is -2.48. The molecule has 0 aromatic heterocycles. The zero-order chi connectivity index (χ0) is 11.6. The third-order valence-corrected chi connectivity index (χ3v) is 7.29. The fraction of sp³-hybridized carbons (Fsp3) is 0.0769. The van der Waals surface area contributed by atoms with Crippen LogP contribution in [0.15, 0.2) is 54.6 Å². The van der Waals surface area contributed by atoms with E-state index in [-0.39, 0.29) is 0 Å². The first-order chi connectivity index (χ1) is 7.60. The molecule has 0 amide bonds. The molecule has 0 heterocycles. The largest absolute Gasteiger partial charge is 0.310 e. The van der Waals surface area contributed by atoms with Crippen LogP contribution in [-0.2, 0) is 0 Å². The second-order valence-electron chi connectivity index (χ2n) is 3.81. The Bertz CT molecular complexity index is 463. The fourth-order valence-corrected chi connectivity index (χ4v) is 4.62. The van der Waals surface area contributed by atoms with Crippen LogP contribution >= 0.6 is 22.2 Å². The maximum absolute atomic E-state index is 6.54. The van der Waals surface area contributed by atoms with Gasteiger partial charge in [-0.05, 0) is 17.3 Å². The van der Waals surface area contributed by atoms with E-state index < -0.39 is 6.69 Å². The van der Waals surface area contributed by atoms with Crippen LogP contribution in [0.2, 0.25) is 0 Å². The zero-order valence-corrected chi connectivity index (χ0v) is 11.5. The van der Waals surface area contributed by atoms with Crippen molar-refractivity contribution in [3.8, 4) is 0 Å². The molecule has 0 aliphatic heterocycles. The molecule has 0 N–H and O–H groups in total. The molecular formula is C13H12Cl2Si. The van der Waals surface area contributed by atoms with Gasteiger partial charge in [0, 0.05) is 0 Å². The summed E-state index contributed by atoms with van der Waals surface area (Å²) in [5.41, 5.74) is 1.22. The lowest BCUT2D eigenvalue weighted by Gasteiger charge is -2.17. The van der Waals surface area contributed by atoms with Crippen molar-refractivity contribution in [1.29, 1.82) is 0 Å². The summed E-state index contributed by atoms with van der Waals surface area (Å²) >= 11 is 13.1. The number of benzene rings is 2. The smallest absolute Gasteiger partial charge is 0.134 e. The topological polar surface area (TPSA) is 0 Å². The van der Waals surface area contributed by atoms with Crippen LogP contribution in [0.3, 0.4) is 0 Å². The Balaban J connectivity index is 2.43. The van der Waals surface area contributed by atoms with Gasteiger partial charge < -0.3 is 0 Å². The molecule has 0 bridgehead atoms. The van der Waals surface area contributed by atoms with Crippen molar-refractivity contribution in [2.45, 2.75) is 6.92 Å². The van der Waals surface area contributed by atoms with Crippen molar-refractivity contribution < 1.29 is 0 Å². The highest BCUT2D eigenvalue weighted by Crippen LogP contribution is 2.15. The molecule has 2 aromatic rings. The number of rotatable bonds is 2. The van der Waals surface area contributed by atoms with Crippen LogP contribution in [0, 0.1) is 6.92 Å². The highest BCUT2D eigenvalue weighted by Gasteiger charge is 2.32. The highest BCUT2D eigenvalue weighted by molar-refractivity contribution is 7.56. The molecule has 0 spiro atoms. The summed E-state index contributed by atoms with van der Waals surface area (Å²) < 4.78 is 0. The fourth-order valence-electron chi connectivity index (χ4n) is 1.58. The van der Waals surface area contributed by atoms with Gasteiger partial charge in [0.15, 0.2) is 0 Å². The summed E-state index contributed by atoms with van der Waals surface area (Å²) in [6, 6.07) is 18.0. The van der Waals surface area contributed by atoms with Gasteiger partial charge >= 0.3 is 6.69 Å². The maximum Gasteiger partial charge on any atom is 0.310 e. The van der Waals surface area contributed by atoms with Gasteiger partial charge in [-0.25, -0.2) is 0 Å². The van der Waals surface area contributed by atoms with Crippen molar-refractivity contribution in [3.63, 3.8) is 0 Å². The van der Waals surface area contributed by atoms with E-state index in [1.54, 1.807) is 0 Å². The molecule has 82 valence electrons. The van der Waals surface area contributed by atoms with Crippen LogP contribution in [0.25, 0.3) is 0 Å². The summed E-state index contributed by atoms with van der Waals surface area (Å²) in [6.45, 7) is -0.480. The van der Waals surface area contributed by atoms with Crippen molar-refractivity contribution in [2.24, 2.45) is 0 Å². The molecule has 0 saturated heterocycles. The minimum atomic E-state index is -2.53. The normalized spacial score (nSPS) is 11.4. The van der Waals surface area contributed by atoms with E-state index in [1.807, 2.05) is 54.6 Å². The maximum atomic E-state index is 6.54. The van der Waals surface area contributed by atoms with Crippen molar-refractivity contribution in [1.82, 2.24) is 0 Å². The summed E-state index contributed by atoms with van der Waals surface area (Å²) in [7, 11) is 0. The van der Waals surface area contributed by atoms with Gasteiger partial charge in [-0.2, -0.15) is 0 Å². The molecule has 0 saturated carbocycles. The average Bonchev–Trinajstić information content (AvgIpc) is 2.31. The molecule has 0 fully saturated rings. The van der Waals surface area contributed by atoms with E-state index in [0.29, 0.717) is 0 Å². The number of hydrogen-bond donors (Lipinski definition) is 0. The lowest BCUT2D eigenvalue weighted by molar-refractivity contribution is 1.49. The van der Waals surface area contributed by atoms with E-state index in [0.717, 1.165) is 10.4 Å². The molecule has 0 aliphatic carbocycles. The lowest BCUT2D eigenvalue weighted by atomic mass is 10.2. The van der Waals surface area contributed by atoms with Crippen LogP contribution in [-0.4, -0.2) is 6.69 Å². The minimum Gasteiger partial charge on any atom is -0.134 e. The summed E-state index contributed by atoms with van der Waals surface area (Å²) in [4.78, 5) is 0. The van der Waals surface area contributed by atoms with E-state index in [2.05, 4.69) is 6.92 Å². The molecule has 3 heteroatoms. The van der Waals surface area contributed by atoms with Crippen LogP contribution in [0.1, 0.15) is 5.56 Å². The highest BCUT2D eigenvalue weighted by atomic mass is 35.7. The first-order valence-corrected chi connectivity index (χ1v) is 9.13. The molecule has 0 atom stereocenters. The Hall–Kier alpha value is -0.763. The summed E-state index contributed by atoms with van der Waals surface area (Å²) in [5.74, 6) is 0. The quantitative estimate of drug-likeness (QED) is 0.579. The third-order valence-electron chi connectivity index (χ3n) is 2.55. The average molecular weight is 267 g/mol. The monoisotopic (exact) mass is 266 g/mol. The molecule has 16 heavy (non-hydrogen) atoms. The Morgan fingerprint density at radius 3 is 1.81 bits per heavy atom. The minimum absolute atomic E-state index is 1.03. The van der Waals surface area contributed by atoms with Gasteiger partial charge in [0.05, 0.1) is 0 Å². The predicted octanol–water partition coefficient (Wildman–Crippen LogP) is 3.03. The first-order valence-electron chi connectivity index (χ1n) is 5.11. The van der Waals surface area contributed by atoms with Crippen LogP contribution in [0.4, 0.5) is 0 Å². The number of hydrogen-bond acceptors (Lipinski definition) is 0. The standard InChI is InChI=1S/C13H12Cl2Si/c1-11-7-9-13(10-8-11)16(14,15)12-5-3-2-4-6-12/h2-10H,1H3. The third kappa shape index (κ3) is 2.32. The van der Waals surface area contributed by atoms with E-state index in [9.17, 15) is 0 Å². The van der Waals surface area contributed by atoms with Crippen molar-refractivity contribution in [2.75, 3.05) is 0 Å². The predicted molar refractivity (Wildman–Crippen MR) is 74.3 cm³/mol. The Labute approximate surface area is 106 Å². The molecule has 0 aliphatic rings. The molecular weight excluding hydrogens is 255 g/mol. The van der Waals surface area contributed by atoms with Crippen molar-refractivity contribution >= 4 is 39.2 Å². The van der Waals surface area contributed by atoms with Crippen LogP contribution < -0.4 is 10.4 Å². The second kappa shape index (κ2) is 4.62. The van der Waals surface area contributed by atoms with Gasteiger partial charge in [0.1, 0.15) is 0 Å². The molecule has 2 rings (SSSR count). The van der Waals surface area contributed by atoms with Gasteiger partial charge in [-0.1, -0.05) is 60.2 Å². The first kappa shape index (κ1) is 11.7. The van der Waals surface area contributed by atoms with Crippen LogP contribution in [0.5, 0.6) is 0 Å². The zero-order valence-electron chi connectivity index (χ0n) is 8.95. The molecule has 2 aromatic carbocycles. The van der Waals surface area contributed by atoms with E-state index in [1.165, 1.54) is 5.56 Å². The SMILES string of the molecule is Cc1ccc([Si](Cl)(Cl)c2ccccc2)cc1. The van der Waals surface area contributed by atoms with Gasteiger partial charge in [-0.15, -0.1) is 22.2 Å². The van der Waals surface area contributed by atoms with E-state index in [4.69, 9.17) is 22.2 Å². The summed E-state index contributed by atoms with van der Waals surface area (Å²) in [5, 5.41) is 2.06. The van der Waals surface area contributed by atoms with Gasteiger partial charge in [0.2, 0.25) is 0 Å². The van der Waals surface area contributed by atoms with Crippen molar-refractivity contribution in [3.05, 3.63) is 60.2 Å². The van der Waals surface area contributed by atoms with Gasteiger partial charge in [0.25, 0.3) is 0 Å². The van der Waals surface area contributed by atoms with E-state index >= 15 is 0 Å².